The fourth-order valence-electron chi connectivity index (χ4n) is 3.01. The van der Waals surface area contributed by atoms with Crippen LogP contribution in [0.1, 0.15) is 29.9 Å². The molecule has 3 aromatic rings. The predicted octanol–water partition coefficient (Wildman–Crippen LogP) is 2.97. The smallest absolute Gasteiger partial charge is 0.284 e. The summed E-state index contributed by atoms with van der Waals surface area (Å²) in [6.07, 6.45) is 0. The van der Waals surface area contributed by atoms with Crippen molar-refractivity contribution in [2.75, 3.05) is 5.32 Å². The van der Waals surface area contributed by atoms with Gasteiger partial charge in [0.25, 0.3) is 11.5 Å². The lowest BCUT2D eigenvalue weighted by Gasteiger charge is -2.22. The van der Waals surface area contributed by atoms with Crippen molar-refractivity contribution in [3.8, 4) is 5.69 Å². The van der Waals surface area contributed by atoms with Crippen molar-refractivity contribution < 1.29 is 9.90 Å². The largest absolute Gasteiger partial charge is 0.389 e. The number of hydrogen-bond donors (Lipinski definition) is 2. The van der Waals surface area contributed by atoms with Gasteiger partial charge in [-0.25, -0.2) is 4.68 Å². The quantitative estimate of drug-likeness (QED) is 0.730. The fourth-order valence-corrected chi connectivity index (χ4v) is 3.01. The number of amides is 1. The summed E-state index contributed by atoms with van der Waals surface area (Å²) in [4.78, 5) is 25.9. The number of rotatable bonds is 5. The number of para-hydroxylation sites is 2. The SMILES string of the molecule is Cc1c(C(=O)Nc2ccccc2)c(=O)n(-c2ccccc2)n1CC(C)(C)O. The first kappa shape index (κ1) is 18.7. The topological polar surface area (TPSA) is 76.3 Å². The highest BCUT2D eigenvalue weighted by Gasteiger charge is 2.26. The standard InChI is InChI=1S/C21H23N3O3/c1-15-18(19(25)22-16-10-6-4-7-11-16)20(26)24(17-12-8-5-9-13-17)23(15)14-21(2,3)27/h4-13,27H,14H2,1-3H3,(H,22,25). The molecule has 0 spiro atoms. The maximum atomic E-state index is 13.1. The molecule has 0 fully saturated rings. The summed E-state index contributed by atoms with van der Waals surface area (Å²) in [5.41, 5.74) is 0.332. The number of carbonyl (C=O) groups is 1. The molecule has 140 valence electrons. The Morgan fingerprint density at radius 1 is 1.04 bits per heavy atom. The zero-order valence-electron chi connectivity index (χ0n) is 15.6. The van der Waals surface area contributed by atoms with Crippen molar-refractivity contribution in [3.63, 3.8) is 0 Å². The molecule has 0 bridgehead atoms. The molecule has 6 nitrogen and oxygen atoms in total. The van der Waals surface area contributed by atoms with E-state index in [1.807, 2.05) is 36.4 Å². The molecule has 27 heavy (non-hydrogen) atoms. The Balaban J connectivity index is 2.12. The van der Waals surface area contributed by atoms with Gasteiger partial charge in [0.1, 0.15) is 5.56 Å². The molecule has 0 unspecified atom stereocenters. The van der Waals surface area contributed by atoms with Crippen molar-refractivity contribution in [2.45, 2.75) is 32.9 Å². The molecule has 1 aromatic heterocycles. The third kappa shape index (κ3) is 4.01. The Bertz CT molecular complexity index is 997. The van der Waals surface area contributed by atoms with Gasteiger partial charge in [-0.2, -0.15) is 0 Å². The lowest BCUT2D eigenvalue weighted by Crippen LogP contribution is -2.32. The first-order valence-corrected chi connectivity index (χ1v) is 8.74. The number of anilines is 1. The Hall–Kier alpha value is -3.12. The second-order valence-corrected chi connectivity index (χ2v) is 7.10. The molecular formula is C21H23N3O3. The highest BCUT2D eigenvalue weighted by molar-refractivity contribution is 6.04. The van der Waals surface area contributed by atoms with E-state index < -0.39 is 17.1 Å². The Kier molecular flexibility index (Phi) is 5.01. The third-order valence-corrected chi connectivity index (χ3v) is 4.19. The number of benzene rings is 2. The highest BCUT2D eigenvalue weighted by Crippen LogP contribution is 2.17. The van der Waals surface area contributed by atoms with E-state index in [0.717, 1.165) is 0 Å². The molecule has 6 heteroatoms. The average molecular weight is 365 g/mol. The highest BCUT2D eigenvalue weighted by atomic mass is 16.3. The van der Waals surface area contributed by atoms with Gasteiger partial charge in [-0.3, -0.25) is 14.3 Å². The molecule has 0 atom stereocenters. The lowest BCUT2D eigenvalue weighted by atomic mass is 10.1. The molecule has 2 N–H and O–H groups in total. The summed E-state index contributed by atoms with van der Waals surface area (Å²) in [6.45, 7) is 5.21. The predicted molar refractivity (Wildman–Crippen MR) is 105 cm³/mol. The summed E-state index contributed by atoms with van der Waals surface area (Å²) in [6, 6.07) is 18.1. The molecule has 0 aliphatic rings. The van der Waals surface area contributed by atoms with Gasteiger partial charge >= 0.3 is 0 Å². The minimum absolute atomic E-state index is 0.0620. The number of nitrogens with one attached hydrogen (secondary N) is 1. The number of carbonyl (C=O) groups excluding carboxylic acids is 1. The zero-order chi connectivity index (χ0) is 19.6. The van der Waals surface area contributed by atoms with Crippen LogP contribution >= 0.6 is 0 Å². The molecule has 3 rings (SSSR count). The van der Waals surface area contributed by atoms with Crippen LogP contribution in [0.2, 0.25) is 0 Å². The van der Waals surface area contributed by atoms with E-state index in [2.05, 4.69) is 5.32 Å². The van der Waals surface area contributed by atoms with Crippen LogP contribution in [-0.4, -0.2) is 26.0 Å². The van der Waals surface area contributed by atoms with Crippen molar-refractivity contribution in [1.82, 2.24) is 9.36 Å². The van der Waals surface area contributed by atoms with E-state index >= 15 is 0 Å². The van der Waals surface area contributed by atoms with Crippen LogP contribution in [0.3, 0.4) is 0 Å². The van der Waals surface area contributed by atoms with Gasteiger partial charge in [0, 0.05) is 5.69 Å². The third-order valence-electron chi connectivity index (χ3n) is 4.19. The molecule has 1 amide bonds. The first-order chi connectivity index (χ1) is 12.8. The molecule has 0 aliphatic heterocycles. The van der Waals surface area contributed by atoms with Crippen molar-refractivity contribution in [2.24, 2.45) is 0 Å². The Morgan fingerprint density at radius 3 is 2.15 bits per heavy atom. The van der Waals surface area contributed by atoms with Gasteiger partial charge in [0.15, 0.2) is 0 Å². The van der Waals surface area contributed by atoms with Gasteiger partial charge < -0.3 is 10.4 Å². The zero-order valence-corrected chi connectivity index (χ0v) is 15.6. The van der Waals surface area contributed by atoms with Crippen molar-refractivity contribution in [1.29, 1.82) is 0 Å². The minimum atomic E-state index is -1.06. The van der Waals surface area contributed by atoms with Crippen LogP contribution < -0.4 is 10.9 Å². The second kappa shape index (κ2) is 7.25. The summed E-state index contributed by atoms with van der Waals surface area (Å²) in [5, 5.41) is 13.1. The van der Waals surface area contributed by atoms with Gasteiger partial charge in [0.05, 0.1) is 23.5 Å². The molecule has 0 aliphatic carbocycles. The van der Waals surface area contributed by atoms with Gasteiger partial charge in [-0.05, 0) is 45.0 Å². The molecular weight excluding hydrogens is 342 g/mol. The second-order valence-electron chi connectivity index (χ2n) is 7.10. The number of aliphatic hydroxyl groups is 1. The molecule has 0 radical (unpaired) electrons. The van der Waals surface area contributed by atoms with Crippen LogP contribution in [0.15, 0.2) is 65.5 Å². The first-order valence-electron chi connectivity index (χ1n) is 8.74. The summed E-state index contributed by atoms with van der Waals surface area (Å²) in [5.74, 6) is -0.470. The molecule has 0 saturated heterocycles. The summed E-state index contributed by atoms with van der Waals surface area (Å²) >= 11 is 0. The van der Waals surface area contributed by atoms with Crippen molar-refractivity contribution >= 4 is 11.6 Å². The Labute approximate surface area is 157 Å². The summed E-state index contributed by atoms with van der Waals surface area (Å²) < 4.78 is 3.09. The van der Waals surface area contributed by atoms with Crippen LogP contribution in [-0.2, 0) is 6.54 Å². The van der Waals surface area contributed by atoms with Gasteiger partial charge in [-0.1, -0.05) is 36.4 Å². The van der Waals surface area contributed by atoms with Gasteiger partial charge in [-0.15, -0.1) is 0 Å². The summed E-state index contributed by atoms with van der Waals surface area (Å²) in [7, 11) is 0. The molecule has 2 aromatic carbocycles. The van der Waals surface area contributed by atoms with E-state index in [-0.39, 0.29) is 12.1 Å². The van der Waals surface area contributed by atoms with E-state index in [1.54, 1.807) is 49.7 Å². The normalized spacial score (nSPS) is 11.4. The van der Waals surface area contributed by atoms with E-state index in [4.69, 9.17) is 0 Å². The van der Waals surface area contributed by atoms with Crippen LogP contribution in [0.5, 0.6) is 0 Å². The number of aromatic nitrogens is 2. The lowest BCUT2D eigenvalue weighted by molar-refractivity contribution is 0.0546. The Morgan fingerprint density at radius 2 is 1.59 bits per heavy atom. The number of hydrogen-bond acceptors (Lipinski definition) is 3. The monoisotopic (exact) mass is 365 g/mol. The molecule has 0 saturated carbocycles. The minimum Gasteiger partial charge on any atom is -0.389 e. The number of nitrogens with zero attached hydrogens (tertiary/aromatic N) is 2. The molecule has 1 heterocycles. The van der Waals surface area contributed by atoms with Crippen LogP contribution in [0.25, 0.3) is 5.69 Å². The maximum Gasteiger partial charge on any atom is 0.284 e. The van der Waals surface area contributed by atoms with E-state index in [0.29, 0.717) is 17.1 Å². The average Bonchev–Trinajstić information content (AvgIpc) is 2.85. The van der Waals surface area contributed by atoms with Crippen LogP contribution in [0.4, 0.5) is 5.69 Å². The van der Waals surface area contributed by atoms with E-state index in [9.17, 15) is 14.7 Å². The van der Waals surface area contributed by atoms with Gasteiger partial charge in [0.2, 0.25) is 0 Å². The van der Waals surface area contributed by atoms with Crippen molar-refractivity contribution in [3.05, 3.63) is 82.3 Å². The maximum absolute atomic E-state index is 13.1. The fraction of sp³-hybridized carbons (Fsp3) is 0.238. The van der Waals surface area contributed by atoms with Crippen LogP contribution in [0, 0.1) is 6.92 Å². The van der Waals surface area contributed by atoms with E-state index in [1.165, 1.54) is 4.68 Å².